The first-order chi connectivity index (χ1) is 31.6. The quantitative estimate of drug-likeness (QED) is 0.161. The first-order valence-electron chi connectivity index (χ1n) is 23.4. The Morgan fingerprint density at radius 2 is 0.769 bits per heavy atom. The number of nitrogens with zero attached hydrogens (tertiary/aromatic N) is 1. The van der Waals surface area contributed by atoms with Crippen molar-refractivity contribution in [3.8, 4) is 55.6 Å². The Morgan fingerprint density at radius 1 is 0.338 bits per heavy atom. The Hall–Kier alpha value is -7.22. The summed E-state index contributed by atoms with van der Waals surface area (Å²) >= 11 is 0. The summed E-state index contributed by atoms with van der Waals surface area (Å²) in [6.07, 6.45) is 2.35. The van der Waals surface area contributed by atoms with Crippen LogP contribution >= 0.6 is 0 Å². The highest BCUT2D eigenvalue weighted by Gasteiger charge is 2.52. The highest BCUT2D eigenvalue weighted by molar-refractivity contribution is 6.00. The van der Waals surface area contributed by atoms with E-state index in [1.165, 1.54) is 107 Å². The van der Waals surface area contributed by atoms with Crippen LogP contribution in [0.15, 0.2) is 206 Å². The normalized spacial score (nSPS) is 15.4. The fourth-order valence-electron chi connectivity index (χ4n) is 12.1. The molecule has 0 saturated carbocycles. The average molecular weight is 836 g/mol. The Labute approximate surface area is 384 Å². The number of fused-ring (bicyclic) bond motifs is 11. The van der Waals surface area contributed by atoms with Gasteiger partial charge in [0.05, 0.1) is 11.1 Å². The maximum absolute atomic E-state index is 2.59. The Morgan fingerprint density at radius 3 is 1.28 bits per heavy atom. The summed E-state index contributed by atoms with van der Waals surface area (Å²) in [6.45, 7) is 12.2. The Bertz CT molecular complexity index is 3170. The van der Waals surface area contributed by atoms with Gasteiger partial charge in [-0.25, -0.2) is 0 Å². The maximum Gasteiger partial charge on any atom is 0.0726 e. The van der Waals surface area contributed by atoms with E-state index < -0.39 is 5.41 Å². The van der Waals surface area contributed by atoms with E-state index in [4.69, 9.17) is 0 Å². The molecule has 1 nitrogen and oxygen atoms in total. The van der Waals surface area contributed by atoms with Crippen LogP contribution in [0.3, 0.4) is 0 Å². The average Bonchev–Trinajstić information content (AvgIpc) is 3.81. The monoisotopic (exact) mass is 835 g/mol. The van der Waals surface area contributed by atoms with Gasteiger partial charge in [0.25, 0.3) is 0 Å². The lowest BCUT2D eigenvalue weighted by molar-refractivity contribution is 0.330. The lowest BCUT2D eigenvalue weighted by Gasteiger charge is -2.43. The minimum atomic E-state index is -0.483. The zero-order chi connectivity index (χ0) is 44.1. The second-order valence-electron chi connectivity index (χ2n) is 19.9. The highest BCUT2D eigenvalue weighted by atomic mass is 15.1. The number of rotatable bonds is 6. The zero-order valence-corrected chi connectivity index (χ0v) is 38.0. The molecule has 0 heterocycles. The molecule has 0 aromatic heterocycles. The highest BCUT2D eigenvalue weighted by Crippen LogP contribution is 2.64. The third kappa shape index (κ3) is 5.91. The molecule has 3 aliphatic carbocycles. The second kappa shape index (κ2) is 14.7. The molecule has 0 N–H and O–H groups in total. The summed E-state index contributed by atoms with van der Waals surface area (Å²) in [7, 11) is 0. The molecule has 0 amide bonds. The molecule has 9 aromatic carbocycles. The molecule has 1 spiro atoms. The van der Waals surface area contributed by atoms with Gasteiger partial charge in [0.2, 0.25) is 0 Å². The molecule has 0 atom stereocenters. The smallest absolute Gasteiger partial charge is 0.0726 e. The summed E-state index contributed by atoms with van der Waals surface area (Å²) in [5, 5.41) is 0. The molecule has 0 bridgehead atoms. The number of hydrogen-bond acceptors (Lipinski definition) is 1. The molecular weight excluding hydrogens is 783 g/mol. The predicted molar refractivity (Wildman–Crippen MR) is 274 cm³/mol. The van der Waals surface area contributed by atoms with Gasteiger partial charge in [-0.3, -0.25) is 0 Å². The van der Waals surface area contributed by atoms with Crippen molar-refractivity contribution < 1.29 is 0 Å². The van der Waals surface area contributed by atoms with Crippen LogP contribution < -0.4 is 4.90 Å². The van der Waals surface area contributed by atoms with Crippen molar-refractivity contribution in [3.05, 3.63) is 245 Å². The van der Waals surface area contributed by atoms with Crippen molar-refractivity contribution in [2.24, 2.45) is 0 Å². The number of hydrogen-bond donors (Lipinski definition) is 0. The van der Waals surface area contributed by atoms with Crippen molar-refractivity contribution in [2.45, 2.75) is 63.7 Å². The molecule has 12 rings (SSSR count). The lowest BCUT2D eigenvalue weighted by Crippen LogP contribution is -2.34. The molecule has 314 valence electrons. The van der Waals surface area contributed by atoms with E-state index in [1.807, 2.05) is 0 Å². The van der Waals surface area contributed by atoms with E-state index in [0.717, 1.165) is 17.8 Å². The Kier molecular flexibility index (Phi) is 8.88. The molecule has 0 fully saturated rings. The van der Waals surface area contributed by atoms with Crippen LogP contribution in [0.4, 0.5) is 17.1 Å². The number of anilines is 3. The first-order valence-corrected chi connectivity index (χ1v) is 23.4. The lowest BCUT2D eigenvalue weighted by atomic mass is 9.61. The minimum absolute atomic E-state index is 0.0516. The predicted octanol–water partition coefficient (Wildman–Crippen LogP) is 17.2. The third-order valence-electron chi connectivity index (χ3n) is 15.4. The summed E-state index contributed by atoms with van der Waals surface area (Å²) in [6, 6.07) is 77.5. The van der Waals surface area contributed by atoms with Crippen molar-refractivity contribution >= 4 is 17.1 Å². The summed E-state index contributed by atoms with van der Waals surface area (Å²) < 4.78 is 0. The summed E-state index contributed by atoms with van der Waals surface area (Å²) in [4.78, 5) is 2.54. The standard InChI is InChI=1S/C64H53N/c1-42-49(36-37-58-61(42)63(4,5)39-38-62(58,2)3)54-40-53-52-24-14-17-27-57(52)64(55-25-15-12-22-50(55)51-23-13-16-26-56(51)64)59(53)41-60(54)65(47-32-28-45(29-33-47)43-18-8-6-9-19-43)48-34-30-46(31-35-48)44-20-10-7-11-21-44/h6-37,40-41H,38-39H2,1-5H3. The molecule has 3 aliphatic rings. The molecule has 9 aromatic rings. The van der Waals surface area contributed by atoms with Gasteiger partial charge in [0.15, 0.2) is 0 Å². The molecule has 0 aliphatic heterocycles. The van der Waals surface area contributed by atoms with Crippen molar-refractivity contribution in [3.63, 3.8) is 0 Å². The zero-order valence-electron chi connectivity index (χ0n) is 38.0. The molecule has 0 unspecified atom stereocenters. The summed E-state index contributed by atoms with van der Waals surface area (Å²) in [5.41, 5.74) is 25.5. The van der Waals surface area contributed by atoms with E-state index in [0.29, 0.717) is 0 Å². The van der Waals surface area contributed by atoms with Crippen molar-refractivity contribution in [1.82, 2.24) is 0 Å². The van der Waals surface area contributed by atoms with E-state index in [2.05, 4.69) is 246 Å². The van der Waals surface area contributed by atoms with Crippen LogP contribution in [0.5, 0.6) is 0 Å². The van der Waals surface area contributed by atoms with Gasteiger partial charge in [0, 0.05) is 16.9 Å². The van der Waals surface area contributed by atoms with Gasteiger partial charge in [-0.2, -0.15) is 0 Å². The van der Waals surface area contributed by atoms with E-state index in [1.54, 1.807) is 0 Å². The van der Waals surface area contributed by atoms with Gasteiger partial charge < -0.3 is 4.90 Å². The van der Waals surface area contributed by atoms with E-state index in [-0.39, 0.29) is 10.8 Å². The number of benzene rings is 9. The molecule has 0 radical (unpaired) electrons. The van der Waals surface area contributed by atoms with Crippen LogP contribution in [-0.2, 0) is 16.2 Å². The van der Waals surface area contributed by atoms with E-state index >= 15 is 0 Å². The van der Waals surface area contributed by atoms with E-state index in [9.17, 15) is 0 Å². The van der Waals surface area contributed by atoms with Crippen LogP contribution in [0, 0.1) is 6.92 Å². The van der Waals surface area contributed by atoms with Gasteiger partial charge in [-0.1, -0.05) is 198 Å². The van der Waals surface area contributed by atoms with Crippen LogP contribution in [-0.4, -0.2) is 0 Å². The van der Waals surface area contributed by atoms with Gasteiger partial charge in [-0.05, 0) is 156 Å². The summed E-state index contributed by atoms with van der Waals surface area (Å²) in [5.74, 6) is 0. The van der Waals surface area contributed by atoms with Gasteiger partial charge in [-0.15, -0.1) is 0 Å². The topological polar surface area (TPSA) is 3.24 Å². The van der Waals surface area contributed by atoms with Crippen LogP contribution in [0.2, 0.25) is 0 Å². The van der Waals surface area contributed by atoms with Crippen molar-refractivity contribution in [2.75, 3.05) is 4.90 Å². The fraction of sp³-hybridized carbons (Fsp3) is 0.156. The van der Waals surface area contributed by atoms with Gasteiger partial charge >= 0.3 is 0 Å². The minimum Gasteiger partial charge on any atom is -0.310 e. The third-order valence-corrected chi connectivity index (χ3v) is 15.4. The molecule has 65 heavy (non-hydrogen) atoms. The van der Waals surface area contributed by atoms with Crippen molar-refractivity contribution in [1.29, 1.82) is 0 Å². The van der Waals surface area contributed by atoms with Crippen LogP contribution in [0.25, 0.3) is 55.6 Å². The maximum atomic E-state index is 2.59. The van der Waals surface area contributed by atoms with Crippen LogP contribution in [0.1, 0.15) is 79.5 Å². The molecule has 0 saturated heterocycles. The molecule has 1 heteroatoms. The Balaban J connectivity index is 1.18. The second-order valence-corrected chi connectivity index (χ2v) is 19.9. The van der Waals surface area contributed by atoms with Gasteiger partial charge in [0.1, 0.15) is 0 Å². The molecular formula is C64H53N. The largest absolute Gasteiger partial charge is 0.310 e. The SMILES string of the molecule is Cc1c(-c2cc3c(cc2N(c2ccc(-c4ccccc4)cc2)c2ccc(-c4ccccc4)cc2)C2(c4ccccc4-c4ccccc42)c2ccccc2-3)ccc2c1C(C)(C)CCC2(C)C. The fourth-order valence-corrected chi connectivity index (χ4v) is 12.1. The first kappa shape index (κ1) is 39.4.